The Balaban J connectivity index is 1.25. The molecule has 1 fully saturated rings. The van der Waals surface area contributed by atoms with Gasteiger partial charge in [-0.25, -0.2) is 9.97 Å². The molecule has 5 rings (SSSR count). The largest absolute Gasteiger partial charge is 0.619 e. The fourth-order valence-electron chi connectivity index (χ4n) is 4.46. The van der Waals surface area contributed by atoms with E-state index in [9.17, 15) is 10.0 Å². The van der Waals surface area contributed by atoms with E-state index in [1.807, 2.05) is 55.5 Å². The first-order chi connectivity index (χ1) is 18.4. The number of rotatable bonds is 7. The molecule has 1 unspecified atom stereocenters. The first kappa shape index (κ1) is 25.3. The third kappa shape index (κ3) is 6.13. The summed E-state index contributed by atoms with van der Waals surface area (Å²) >= 11 is 0. The van der Waals surface area contributed by atoms with Crippen LogP contribution >= 0.6 is 0 Å². The Bertz CT molecular complexity index is 1420. The van der Waals surface area contributed by atoms with E-state index in [4.69, 9.17) is 0 Å². The zero-order valence-corrected chi connectivity index (χ0v) is 21.5. The minimum absolute atomic E-state index is 0.171. The molecule has 0 radical (unpaired) electrons. The molecule has 1 aliphatic heterocycles. The molecule has 2 aromatic carbocycles. The van der Waals surface area contributed by atoms with Crippen molar-refractivity contribution >= 4 is 23.2 Å². The lowest BCUT2D eigenvalue weighted by Crippen LogP contribution is -2.49. The first-order valence-electron chi connectivity index (χ1n) is 12.7. The van der Waals surface area contributed by atoms with E-state index in [1.165, 1.54) is 18.0 Å². The average Bonchev–Trinajstić information content (AvgIpc) is 2.92. The second-order valence-electron chi connectivity index (χ2n) is 9.55. The monoisotopic (exact) mass is 509 g/mol. The maximum absolute atomic E-state index is 12.9. The molecular weight excluding hydrogens is 478 g/mol. The molecule has 2 aromatic heterocycles. The van der Waals surface area contributed by atoms with Crippen LogP contribution < -0.4 is 20.7 Å². The fourth-order valence-corrected chi connectivity index (χ4v) is 4.46. The molecule has 0 aliphatic carbocycles. The molecule has 9 heteroatoms. The van der Waals surface area contributed by atoms with Gasteiger partial charge in [-0.05, 0) is 61.4 Å². The average molecular weight is 510 g/mol. The van der Waals surface area contributed by atoms with Gasteiger partial charge in [0, 0.05) is 61.4 Å². The zero-order chi connectivity index (χ0) is 26.5. The van der Waals surface area contributed by atoms with Crippen LogP contribution in [0.3, 0.4) is 0 Å². The molecule has 4 aromatic rings. The minimum Gasteiger partial charge on any atom is -0.619 e. The molecule has 194 valence electrons. The van der Waals surface area contributed by atoms with Gasteiger partial charge in [0.1, 0.15) is 0 Å². The number of piperazine rings is 1. The molecule has 1 amide bonds. The van der Waals surface area contributed by atoms with E-state index in [0.717, 1.165) is 42.2 Å². The summed E-state index contributed by atoms with van der Waals surface area (Å²) in [4.78, 5) is 24.3. The molecule has 0 bridgehead atoms. The van der Waals surface area contributed by atoms with Crippen LogP contribution in [0.1, 0.15) is 28.4 Å². The summed E-state index contributed by atoms with van der Waals surface area (Å²) in [6, 6.07) is 19.2. The highest BCUT2D eigenvalue weighted by Gasteiger charge is 2.18. The number of nitrogens with one attached hydrogen (secondary N) is 3. The standard InChI is InChI=1S/C29H31N7O2/c1-20-5-10-25(16-27(20)34-29-31-12-11-26(33-29)24-4-3-14-36(38)19-24)32-28(37)23-8-6-22(7-9-23)18-35-15-13-30-17-21(35)2/h3-12,14,16,19,21,30H,13,15,17-18H2,1-2H3,(H,32,37)(H,31,33,34). The lowest BCUT2D eigenvalue weighted by molar-refractivity contribution is -0.604. The summed E-state index contributed by atoms with van der Waals surface area (Å²) < 4.78 is 0.737. The SMILES string of the molecule is Cc1ccc(NC(=O)c2ccc(CN3CCNCC3C)cc2)cc1Nc1nccc(-c2ccc[n+]([O-])c2)n1. The van der Waals surface area contributed by atoms with Crippen molar-refractivity contribution in [3.05, 3.63) is 101 Å². The third-order valence-electron chi connectivity index (χ3n) is 6.71. The Morgan fingerprint density at radius 2 is 2.03 bits per heavy atom. The van der Waals surface area contributed by atoms with Gasteiger partial charge in [0.15, 0.2) is 12.4 Å². The number of benzene rings is 2. The van der Waals surface area contributed by atoms with Crippen LogP contribution in [0.2, 0.25) is 0 Å². The number of amides is 1. The summed E-state index contributed by atoms with van der Waals surface area (Å²) in [6.45, 7) is 8.10. The smallest absolute Gasteiger partial charge is 0.255 e. The second kappa shape index (κ2) is 11.4. The van der Waals surface area contributed by atoms with E-state index in [0.29, 0.717) is 34.5 Å². The Hall–Kier alpha value is -4.34. The molecule has 38 heavy (non-hydrogen) atoms. The lowest BCUT2D eigenvalue weighted by atomic mass is 10.1. The van der Waals surface area contributed by atoms with Crippen LogP contribution in [-0.2, 0) is 6.54 Å². The molecular formula is C29H31N7O2. The topological polar surface area (TPSA) is 109 Å². The molecule has 0 saturated carbocycles. The Morgan fingerprint density at radius 3 is 2.82 bits per heavy atom. The van der Waals surface area contributed by atoms with E-state index < -0.39 is 0 Å². The van der Waals surface area contributed by atoms with E-state index >= 15 is 0 Å². The van der Waals surface area contributed by atoms with Gasteiger partial charge in [0.25, 0.3) is 5.91 Å². The van der Waals surface area contributed by atoms with Crippen LogP contribution in [0.4, 0.5) is 17.3 Å². The van der Waals surface area contributed by atoms with Gasteiger partial charge >= 0.3 is 0 Å². The highest BCUT2D eigenvalue weighted by atomic mass is 16.5. The predicted octanol–water partition coefficient (Wildman–Crippen LogP) is 3.88. The van der Waals surface area contributed by atoms with E-state index in [-0.39, 0.29) is 5.91 Å². The number of carbonyl (C=O) groups excluding carboxylic acids is 1. The Morgan fingerprint density at radius 1 is 1.18 bits per heavy atom. The van der Waals surface area contributed by atoms with Gasteiger partial charge in [0.2, 0.25) is 5.95 Å². The van der Waals surface area contributed by atoms with Gasteiger partial charge in [-0.1, -0.05) is 18.2 Å². The van der Waals surface area contributed by atoms with Gasteiger partial charge in [-0.2, -0.15) is 4.73 Å². The van der Waals surface area contributed by atoms with Crippen LogP contribution in [0, 0.1) is 12.1 Å². The number of pyridine rings is 1. The quantitative estimate of drug-likeness (QED) is 0.256. The minimum atomic E-state index is -0.171. The molecule has 1 aliphatic rings. The number of carbonyl (C=O) groups is 1. The van der Waals surface area contributed by atoms with Crippen LogP contribution in [0.25, 0.3) is 11.3 Å². The summed E-state index contributed by atoms with van der Waals surface area (Å²) in [5, 5.41) is 21.3. The zero-order valence-electron chi connectivity index (χ0n) is 21.5. The van der Waals surface area contributed by atoms with Crippen LogP contribution in [0.5, 0.6) is 0 Å². The van der Waals surface area contributed by atoms with Crippen molar-refractivity contribution in [2.45, 2.75) is 26.4 Å². The van der Waals surface area contributed by atoms with Crippen molar-refractivity contribution in [1.29, 1.82) is 0 Å². The number of nitrogens with zero attached hydrogens (tertiary/aromatic N) is 4. The van der Waals surface area contributed by atoms with Crippen molar-refractivity contribution in [2.24, 2.45) is 0 Å². The summed E-state index contributed by atoms with van der Waals surface area (Å²) in [5.41, 5.74) is 5.52. The highest BCUT2D eigenvalue weighted by molar-refractivity contribution is 6.04. The number of hydrogen-bond donors (Lipinski definition) is 3. The van der Waals surface area contributed by atoms with Gasteiger partial charge in [-0.3, -0.25) is 9.69 Å². The Labute approximate surface area is 222 Å². The number of aromatic nitrogens is 3. The Kier molecular flexibility index (Phi) is 7.57. The van der Waals surface area contributed by atoms with Crippen molar-refractivity contribution in [3.8, 4) is 11.3 Å². The molecule has 3 N–H and O–H groups in total. The predicted molar refractivity (Wildman–Crippen MR) is 148 cm³/mol. The van der Waals surface area contributed by atoms with Crippen LogP contribution in [-0.4, -0.2) is 46.5 Å². The number of anilines is 3. The van der Waals surface area contributed by atoms with Crippen molar-refractivity contribution in [3.63, 3.8) is 0 Å². The third-order valence-corrected chi connectivity index (χ3v) is 6.71. The fraction of sp³-hybridized carbons (Fsp3) is 0.241. The second-order valence-corrected chi connectivity index (χ2v) is 9.55. The normalized spacial score (nSPS) is 15.7. The van der Waals surface area contributed by atoms with E-state index in [2.05, 4.69) is 37.7 Å². The summed E-state index contributed by atoms with van der Waals surface area (Å²) in [5.74, 6) is 0.222. The van der Waals surface area contributed by atoms with Gasteiger partial charge < -0.3 is 21.2 Å². The summed E-state index contributed by atoms with van der Waals surface area (Å²) in [7, 11) is 0. The molecule has 9 nitrogen and oxygen atoms in total. The number of hydrogen-bond acceptors (Lipinski definition) is 7. The maximum Gasteiger partial charge on any atom is 0.255 e. The van der Waals surface area contributed by atoms with Gasteiger partial charge in [-0.15, -0.1) is 0 Å². The van der Waals surface area contributed by atoms with E-state index in [1.54, 1.807) is 18.3 Å². The number of aryl methyl sites for hydroxylation is 1. The van der Waals surface area contributed by atoms with Crippen molar-refractivity contribution in [2.75, 3.05) is 30.3 Å². The van der Waals surface area contributed by atoms with Crippen LogP contribution in [0.15, 0.2) is 79.3 Å². The highest BCUT2D eigenvalue weighted by Crippen LogP contribution is 2.24. The maximum atomic E-state index is 12.9. The van der Waals surface area contributed by atoms with Crippen molar-refractivity contribution in [1.82, 2.24) is 20.2 Å². The molecule has 3 heterocycles. The molecule has 0 spiro atoms. The molecule has 1 atom stereocenters. The summed E-state index contributed by atoms with van der Waals surface area (Å²) in [6.07, 6.45) is 4.53. The lowest BCUT2D eigenvalue weighted by Gasteiger charge is -2.33. The van der Waals surface area contributed by atoms with Gasteiger partial charge in [0.05, 0.1) is 11.3 Å². The first-order valence-corrected chi connectivity index (χ1v) is 12.7. The molecule has 1 saturated heterocycles. The van der Waals surface area contributed by atoms with Crippen molar-refractivity contribution < 1.29 is 9.52 Å².